The van der Waals surface area contributed by atoms with Crippen LogP contribution < -0.4 is 4.74 Å². The predicted octanol–water partition coefficient (Wildman–Crippen LogP) is 6.43. The standard InChI is InChI=1S/C29H27F3N2O4/c30-18-7-11-22(12-8-18)38-28-23(15-19(31)16-33-28)25(35)5-1-3-17-13-20-9-10-21(14-17)34(20)29(37)27-24(32)4-2-6-26(27)36/h2,4,6-8,11-12,15-17,20-21,36H,1,3,5,9-10,13-14H2/t17?,20-,21+. The number of benzene rings is 2. The molecule has 3 heterocycles. The molecule has 0 spiro atoms. The summed E-state index contributed by atoms with van der Waals surface area (Å²) in [5, 5.41) is 10.1. The average molecular weight is 525 g/mol. The number of aromatic nitrogens is 1. The van der Waals surface area contributed by atoms with Gasteiger partial charge in [0, 0.05) is 18.5 Å². The maximum Gasteiger partial charge on any atom is 0.261 e. The van der Waals surface area contributed by atoms with Crippen LogP contribution in [0.4, 0.5) is 13.2 Å². The van der Waals surface area contributed by atoms with Crippen molar-refractivity contribution >= 4 is 11.7 Å². The fourth-order valence-electron chi connectivity index (χ4n) is 5.72. The number of ketones is 1. The van der Waals surface area contributed by atoms with Crippen LogP contribution >= 0.6 is 0 Å². The Bertz CT molecular complexity index is 1310. The number of nitrogens with zero attached hydrogens (tertiary/aromatic N) is 2. The summed E-state index contributed by atoms with van der Waals surface area (Å²) in [5.74, 6) is -2.43. The Balaban J connectivity index is 1.19. The Morgan fingerprint density at radius 2 is 1.71 bits per heavy atom. The van der Waals surface area contributed by atoms with Gasteiger partial charge in [0.2, 0.25) is 5.88 Å². The van der Waals surface area contributed by atoms with Gasteiger partial charge in [0.05, 0.1) is 11.8 Å². The highest BCUT2D eigenvalue weighted by Gasteiger charge is 2.44. The van der Waals surface area contributed by atoms with Crippen molar-refractivity contribution in [1.29, 1.82) is 0 Å². The Morgan fingerprint density at radius 3 is 2.39 bits per heavy atom. The lowest BCUT2D eigenvalue weighted by Crippen LogP contribution is -2.46. The number of halogens is 3. The lowest BCUT2D eigenvalue weighted by Gasteiger charge is -2.39. The first-order chi connectivity index (χ1) is 18.3. The third kappa shape index (κ3) is 5.37. The van der Waals surface area contributed by atoms with Crippen LogP contribution in [0.3, 0.4) is 0 Å². The smallest absolute Gasteiger partial charge is 0.261 e. The molecule has 2 saturated heterocycles. The number of piperidine rings is 1. The number of pyridine rings is 1. The summed E-state index contributed by atoms with van der Waals surface area (Å²) in [5.41, 5.74) is -0.254. The lowest BCUT2D eigenvalue weighted by atomic mass is 9.86. The summed E-state index contributed by atoms with van der Waals surface area (Å²) in [6, 6.07) is 10.1. The third-order valence-corrected chi connectivity index (χ3v) is 7.43. The van der Waals surface area contributed by atoms with E-state index in [0.717, 1.165) is 44.4 Å². The van der Waals surface area contributed by atoms with Crippen molar-refractivity contribution in [3.8, 4) is 17.4 Å². The highest BCUT2D eigenvalue weighted by Crippen LogP contribution is 2.42. The molecule has 1 aromatic heterocycles. The van der Waals surface area contributed by atoms with E-state index >= 15 is 0 Å². The van der Waals surface area contributed by atoms with Crippen LogP contribution in [0.1, 0.15) is 65.7 Å². The summed E-state index contributed by atoms with van der Waals surface area (Å²) in [6.07, 6.45) is 5.57. The zero-order valence-electron chi connectivity index (χ0n) is 20.6. The van der Waals surface area contributed by atoms with Gasteiger partial charge < -0.3 is 14.7 Å². The van der Waals surface area contributed by atoms with E-state index in [4.69, 9.17) is 4.74 Å². The number of carbonyl (C=O) groups is 2. The maximum absolute atomic E-state index is 14.3. The minimum atomic E-state index is -0.732. The Hall–Kier alpha value is -3.88. The number of fused-ring (bicyclic) bond motifs is 2. The maximum atomic E-state index is 14.3. The molecule has 0 saturated carbocycles. The first-order valence-corrected chi connectivity index (χ1v) is 12.7. The Morgan fingerprint density at radius 1 is 1.00 bits per heavy atom. The van der Waals surface area contributed by atoms with E-state index in [1.165, 1.54) is 42.5 Å². The highest BCUT2D eigenvalue weighted by atomic mass is 19.1. The molecule has 2 aliphatic heterocycles. The summed E-state index contributed by atoms with van der Waals surface area (Å²) < 4.78 is 47.0. The number of carbonyl (C=O) groups excluding carboxylic acids is 2. The van der Waals surface area contributed by atoms with Crippen molar-refractivity contribution in [2.75, 3.05) is 0 Å². The van der Waals surface area contributed by atoms with Crippen molar-refractivity contribution in [1.82, 2.24) is 9.88 Å². The predicted molar refractivity (Wildman–Crippen MR) is 133 cm³/mol. The number of hydrogen-bond donors (Lipinski definition) is 1. The molecular weight excluding hydrogens is 497 g/mol. The van der Waals surface area contributed by atoms with Gasteiger partial charge in [-0.3, -0.25) is 9.59 Å². The topological polar surface area (TPSA) is 79.7 Å². The van der Waals surface area contributed by atoms with Gasteiger partial charge >= 0.3 is 0 Å². The number of ether oxygens (including phenoxy) is 1. The van der Waals surface area contributed by atoms with E-state index in [2.05, 4.69) is 4.98 Å². The average Bonchev–Trinajstić information content (AvgIpc) is 3.16. The van der Waals surface area contributed by atoms with Crippen molar-refractivity contribution < 1.29 is 32.6 Å². The van der Waals surface area contributed by atoms with Crippen molar-refractivity contribution in [3.05, 3.63) is 83.3 Å². The molecule has 2 fully saturated rings. The molecular formula is C29H27F3N2O4. The number of amides is 1. The molecule has 198 valence electrons. The molecule has 0 radical (unpaired) electrons. The molecule has 3 aromatic rings. The van der Waals surface area contributed by atoms with Gasteiger partial charge in [-0.25, -0.2) is 18.2 Å². The fraction of sp³-hybridized carbons (Fsp3) is 0.345. The van der Waals surface area contributed by atoms with E-state index in [1.807, 2.05) is 0 Å². The molecule has 1 unspecified atom stereocenters. The highest BCUT2D eigenvalue weighted by molar-refractivity contribution is 5.98. The normalized spacial score (nSPS) is 20.4. The lowest BCUT2D eigenvalue weighted by molar-refractivity contribution is 0.0507. The molecule has 3 atom stereocenters. The quantitative estimate of drug-likeness (QED) is 0.344. The molecule has 38 heavy (non-hydrogen) atoms. The van der Waals surface area contributed by atoms with Gasteiger partial charge in [0.1, 0.15) is 34.5 Å². The second-order valence-corrected chi connectivity index (χ2v) is 9.95. The van der Waals surface area contributed by atoms with Crippen molar-refractivity contribution in [2.45, 2.75) is 57.0 Å². The van der Waals surface area contributed by atoms with Crippen LogP contribution in [0.5, 0.6) is 17.4 Å². The van der Waals surface area contributed by atoms with Crippen LogP contribution in [0.2, 0.25) is 0 Å². The number of Topliss-reactive ketones (excluding diaryl/α,β-unsaturated/α-hetero) is 1. The largest absolute Gasteiger partial charge is 0.507 e. The molecule has 2 aromatic carbocycles. The minimum absolute atomic E-state index is 0.0273. The summed E-state index contributed by atoms with van der Waals surface area (Å²) in [4.78, 5) is 31.7. The zero-order valence-corrected chi connectivity index (χ0v) is 20.6. The molecule has 1 N–H and O–H groups in total. The fourth-order valence-corrected chi connectivity index (χ4v) is 5.72. The molecule has 5 rings (SSSR count). The number of phenols is 1. The molecule has 1 amide bonds. The zero-order chi connectivity index (χ0) is 26.8. The van der Waals surface area contributed by atoms with Crippen LogP contribution in [-0.2, 0) is 0 Å². The Kier molecular flexibility index (Phi) is 7.35. The summed E-state index contributed by atoms with van der Waals surface area (Å²) in [7, 11) is 0. The monoisotopic (exact) mass is 524 g/mol. The number of rotatable bonds is 8. The van der Waals surface area contributed by atoms with Crippen molar-refractivity contribution in [3.63, 3.8) is 0 Å². The summed E-state index contributed by atoms with van der Waals surface area (Å²) in [6.45, 7) is 0. The van der Waals surface area contributed by atoms with Gasteiger partial charge in [-0.15, -0.1) is 0 Å². The molecule has 0 aliphatic carbocycles. The number of aromatic hydroxyl groups is 1. The van der Waals surface area contributed by atoms with E-state index < -0.39 is 23.4 Å². The van der Waals surface area contributed by atoms with Crippen molar-refractivity contribution in [2.24, 2.45) is 5.92 Å². The minimum Gasteiger partial charge on any atom is -0.507 e. The van der Waals surface area contributed by atoms with Crippen LogP contribution in [0.25, 0.3) is 0 Å². The van der Waals surface area contributed by atoms with Gasteiger partial charge in [0.25, 0.3) is 5.91 Å². The van der Waals surface area contributed by atoms with Gasteiger partial charge in [-0.05, 0) is 86.9 Å². The first-order valence-electron chi connectivity index (χ1n) is 12.7. The first kappa shape index (κ1) is 25.8. The van der Waals surface area contributed by atoms with Gasteiger partial charge in [0.15, 0.2) is 5.78 Å². The summed E-state index contributed by atoms with van der Waals surface area (Å²) >= 11 is 0. The van der Waals surface area contributed by atoms with Crippen LogP contribution in [0, 0.1) is 23.4 Å². The van der Waals surface area contributed by atoms with E-state index in [-0.39, 0.29) is 52.8 Å². The second kappa shape index (κ2) is 10.8. The van der Waals surface area contributed by atoms with Crippen LogP contribution in [-0.4, -0.2) is 38.8 Å². The molecule has 2 bridgehead atoms. The molecule has 6 nitrogen and oxygen atoms in total. The van der Waals surface area contributed by atoms with E-state index in [0.29, 0.717) is 12.3 Å². The van der Waals surface area contributed by atoms with Crippen LogP contribution in [0.15, 0.2) is 54.7 Å². The third-order valence-electron chi connectivity index (χ3n) is 7.43. The van der Waals surface area contributed by atoms with Gasteiger partial charge in [-0.2, -0.15) is 0 Å². The number of phenolic OH excluding ortho intramolecular Hbond substituents is 1. The molecule has 9 heteroatoms. The Labute approximate surface area is 218 Å². The van der Waals surface area contributed by atoms with Gasteiger partial charge in [-0.1, -0.05) is 6.07 Å². The number of hydrogen-bond acceptors (Lipinski definition) is 5. The second-order valence-electron chi connectivity index (χ2n) is 9.95. The van der Waals surface area contributed by atoms with E-state index in [9.17, 15) is 27.9 Å². The SMILES string of the molecule is O=C(CCCC1C[C@H]2CC[C@@H](C1)N2C(=O)c1c(O)cccc1F)c1cc(F)cnc1Oc1ccc(F)cc1. The van der Waals surface area contributed by atoms with E-state index in [1.54, 1.807) is 4.90 Å². The molecule has 2 aliphatic rings.